The summed E-state index contributed by atoms with van der Waals surface area (Å²) in [5, 5.41) is 0. The van der Waals surface area contributed by atoms with Crippen LogP contribution in [0.25, 0.3) is 11.1 Å². The van der Waals surface area contributed by atoms with Gasteiger partial charge in [0.05, 0.1) is 52.9 Å². The zero-order valence-corrected chi connectivity index (χ0v) is 23.7. The Kier molecular flexibility index (Phi) is 12.3. The number of hydrogen-bond acceptors (Lipinski definition) is 8. The molecule has 9 heteroatoms. The first-order valence-corrected chi connectivity index (χ1v) is 14.0. The fraction of sp³-hybridized carbons (Fsp3) is 0.406. The maximum Gasteiger partial charge on any atom is 0.409 e. The number of ether oxygens (including phenoxy) is 6. The molecule has 0 unspecified atom stereocenters. The summed E-state index contributed by atoms with van der Waals surface area (Å²) in [6.07, 6.45) is -0.359. The first-order chi connectivity index (χ1) is 20.1. The van der Waals surface area contributed by atoms with Gasteiger partial charge in [-0.1, -0.05) is 48.5 Å². The van der Waals surface area contributed by atoms with Gasteiger partial charge in [0.15, 0.2) is 0 Å². The minimum atomic E-state index is -0.359. The quantitative estimate of drug-likeness (QED) is 0.177. The SMILES string of the molecule is CN(CCOCCOCCOCCOCCOc1ccc(N)cc1)C(=O)OCC1c2ccccc2-c2ccccc21. The van der Waals surface area contributed by atoms with Crippen molar-refractivity contribution in [2.45, 2.75) is 5.92 Å². The molecule has 0 radical (unpaired) electrons. The molecular formula is C32H40N2O7. The summed E-state index contributed by atoms with van der Waals surface area (Å²) in [5.41, 5.74) is 11.2. The standard InChI is InChI=1S/C32H40N2O7/c1-34(32(35)41-24-31-29-8-4-2-6-27(29)28-7-3-5-9-30(28)31)14-15-36-16-17-37-18-19-38-20-21-39-22-23-40-26-12-10-25(33)11-13-26/h2-13,31H,14-24,33H2,1H3. The second-order valence-electron chi connectivity index (χ2n) is 9.59. The van der Waals surface area contributed by atoms with Crippen molar-refractivity contribution >= 4 is 11.8 Å². The van der Waals surface area contributed by atoms with E-state index in [4.69, 9.17) is 34.2 Å². The zero-order valence-electron chi connectivity index (χ0n) is 23.7. The molecule has 1 aliphatic rings. The smallest absolute Gasteiger partial charge is 0.409 e. The molecule has 41 heavy (non-hydrogen) atoms. The van der Waals surface area contributed by atoms with Crippen LogP contribution in [0.3, 0.4) is 0 Å². The summed E-state index contributed by atoms with van der Waals surface area (Å²) in [7, 11) is 1.71. The Labute approximate surface area is 242 Å². The molecule has 0 aliphatic heterocycles. The topological polar surface area (TPSA) is 102 Å². The molecule has 0 spiro atoms. The molecule has 4 rings (SSSR count). The number of nitrogens with zero attached hydrogens (tertiary/aromatic N) is 1. The first kappa shape index (κ1) is 30.3. The van der Waals surface area contributed by atoms with Crippen LogP contribution in [0.5, 0.6) is 5.75 Å². The van der Waals surface area contributed by atoms with Gasteiger partial charge in [-0.15, -0.1) is 0 Å². The molecule has 2 N–H and O–H groups in total. The zero-order chi connectivity index (χ0) is 28.7. The van der Waals surface area contributed by atoms with E-state index in [0.29, 0.717) is 78.3 Å². The molecule has 0 fully saturated rings. The monoisotopic (exact) mass is 564 g/mol. The minimum Gasteiger partial charge on any atom is -0.491 e. The third-order valence-corrected chi connectivity index (χ3v) is 6.71. The predicted octanol–water partition coefficient (Wildman–Crippen LogP) is 4.59. The minimum absolute atomic E-state index is 0.0465. The van der Waals surface area contributed by atoms with Crippen molar-refractivity contribution in [3.63, 3.8) is 0 Å². The Balaban J connectivity index is 0.957. The van der Waals surface area contributed by atoms with E-state index in [1.807, 2.05) is 36.4 Å². The second-order valence-corrected chi connectivity index (χ2v) is 9.59. The van der Waals surface area contributed by atoms with Crippen LogP contribution in [0.4, 0.5) is 10.5 Å². The van der Waals surface area contributed by atoms with Gasteiger partial charge in [0, 0.05) is 25.2 Å². The molecule has 3 aromatic rings. The van der Waals surface area contributed by atoms with Gasteiger partial charge in [-0.3, -0.25) is 0 Å². The van der Waals surface area contributed by atoms with Crippen LogP contribution in [0.2, 0.25) is 0 Å². The predicted molar refractivity (Wildman–Crippen MR) is 157 cm³/mol. The van der Waals surface area contributed by atoms with Crippen molar-refractivity contribution in [3.8, 4) is 16.9 Å². The number of amides is 1. The number of likely N-dealkylation sites (N-methyl/N-ethyl adjacent to an activating group) is 1. The normalized spacial score (nSPS) is 12.1. The molecule has 3 aromatic carbocycles. The lowest BCUT2D eigenvalue weighted by Crippen LogP contribution is -2.32. The number of hydrogen-bond donors (Lipinski definition) is 1. The highest BCUT2D eigenvalue weighted by Crippen LogP contribution is 2.44. The highest BCUT2D eigenvalue weighted by atomic mass is 16.6. The van der Waals surface area contributed by atoms with Gasteiger partial charge in [0.2, 0.25) is 0 Å². The molecule has 9 nitrogen and oxygen atoms in total. The summed E-state index contributed by atoms with van der Waals surface area (Å²) in [6, 6.07) is 23.8. The molecule has 0 atom stereocenters. The van der Waals surface area contributed by atoms with Crippen LogP contribution in [0.1, 0.15) is 17.0 Å². The van der Waals surface area contributed by atoms with E-state index in [1.165, 1.54) is 27.2 Å². The molecule has 1 aliphatic carbocycles. The fourth-order valence-electron chi connectivity index (χ4n) is 4.54. The number of nitrogen functional groups attached to an aromatic ring is 1. The average Bonchev–Trinajstić information content (AvgIpc) is 3.32. The Bertz CT molecular complexity index is 1160. The molecule has 0 bridgehead atoms. The van der Waals surface area contributed by atoms with Crippen LogP contribution in [-0.4, -0.2) is 90.7 Å². The molecule has 1 amide bonds. The van der Waals surface area contributed by atoms with Crippen molar-refractivity contribution in [2.75, 3.05) is 85.4 Å². The number of carbonyl (C=O) groups is 1. The largest absolute Gasteiger partial charge is 0.491 e. The molecule has 0 aromatic heterocycles. The third kappa shape index (κ3) is 9.47. The van der Waals surface area contributed by atoms with E-state index in [0.717, 1.165) is 5.75 Å². The molecule has 220 valence electrons. The number of nitrogens with two attached hydrogens (primary N) is 1. The summed E-state index contributed by atoms with van der Waals surface area (Å²) in [5.74, 6) is 0.813. The Morgan fingerprint density at radius 3 is 1.73 bits per heavy atom. The van der Waals surface area contributed by atoms with E-state index in [-0.39, 0.29) is 12.0 Å². The Morgan fingerprint density at radius 1 is 0.683 bits per heavy atom. The van der Waals surface area contributed by atoms with Crippen LogP contribution in [0.15, 0.2) is 72.8 Å². The summed E-state index contributed by atoms with van der Waals surface area (Å²) in [4.78, 5) is 14.1. The number of carbonyl (C=O) groups excluding carboxylic acids is 1. The van der Waals surface area contributed by atoms with Crippen LogP contribution in [0, 0.1) is 0 Å². The highest BCUT2D eigenvalue weighted by Gasteiger charge is 2.29. The van der Waals surface area contributed by atoms with Crippen molar-refractivity contribution in [1.29, 1.82) is 0 Å². The first-order valence-electron chi connectivity index (χ1n) is 14.0. The summed E-state index contributed by atoms with van der Waals surface area (Å²) < 4.78 is 33.3. The number of anilines is 1. The van der Waals surface area contributed by atoms with Crippen molar-refractivity contribution < 1.29 is 33.2 Å². The maximum atomic E-state index is 12.5. The average molecular weight is 565 g/mol. The lowest BCUT2D eigenvalue weighted by atomic mass is 9.98. The summed E-state index contributed by atoms with van der Waals surface area (Å²) in [6.45, 7) is 4.93. The van der Waals surface area contributed by atoms with Crippen LogP contribution < -0.4 is 10.5 Å². The fourth-order valence-corrected chi connectivity index (χ4v) is 4.54. The van der Waals surface area contributed by atoms with Gasteiger partial charge in [-0.2, -0.15) is 0 Å². The van der Waals surface area contributed by atoms with Gasteiger partial charge >= 0.3 is 6.09 Å². The van der Waals surface area contributed by atoms with Gasteiger partial charge in [-0.05, 0) is 46.5 Å². The lowest BCUT2D eigenvalue weighted by molar-refractivity contribution is -0.00599. The van der Waals surface area contributed by atoms with Crippen molar-refractivity contribution in [3.05, 3.63) is 83.9 Å². The van der Waals surface area contributed by atoms with Gasteiger partial charge in [0.1, 0.15) is 19.0 Å². The van der Waals surface area contributed by atoms with E-state index < -0.39 is 0 Å². The number of fused-ring (bicyclic) bond motifs is 3. The Morgan fingerprint density at radius 2 is 1.17 bits per heavy atom. The highest BCUT2D eigenvalue weighted by molar-refractivity contribution is 5.79. The summed E-state index contributed by atoms with van der Waals surface area (Å²) >= 11 is 0. The molecule has 0 saturated heterocycles. The third-order valence-electron chi connectivity index (χ3n) is 6.71. The second kappa shape index (κ2) is 16.6. The lowest BCUT2D eigenvalue weighted by Gasteiger charge is -2.19. The van der Waals surface area contributed by atoms with Gasteiger partial charge in [0.25, 0.3) is 0 Å². The number of benzene rings is 3. The Hall–Kier alpha value is -3.63. The van der Waals surface area contributed by atoms with Gasteiger partial charge in [-0.25, -0.2) is 4.79 Å². The van der Waals surface area contributed by atoms with E-state index in [9.17, 15) is 4.79 Å². The molecule has 0 saturated carbocycles. The molecule has 0 heterocycles. The van der Waals surface area contributed by atoms with Crippen molar-refractivity contribution in [2.24, 2.45) is 0 Å². The van der Waals surface area contributed by atoms with E-state index in [1.54, 1.807) is 19.2 Å². The van der Waals surface area contributed by atoms with Crippen LogP contribution in [-0.2, 0) is 23.7 Å². The van der Waals surface area contributed by atoms with E-state index >= 15 is 0 Å². The van der Waals surface area contributed by atoms with Crippen LogP contribution >= 0.6 is 0 Å². The number of rotatable bonds is 18. The maximum absolute atomic E-state index is 12.5. The van der Waals surface area contributed by atoms with E-state index in [2.05, 4.69) is 24.3 Å². The van der Waals surface area contributed by atoms with Crippen molar-refractivity contribution in [1.82, 2.24) is 4.90 Å². The van der Waals surface area contributed by atoms with Gasteiger partial charge < -0.3 is 39.1 Å². The molecular weight excluding hydrogens is 524 g/mol.